The molecule has 0 saturated carbocycles. The normalized spacial score (nSPS) is 11.9. The van der Waals surface area contributed by atoms with E-state index in [2.05, 4.69) is 21.3 Å². The maximum atomic E-state index is 9.73. The van der Waals surface area contributed by atoms with Crippen LogP contribution in [0.1, 0.15) is 17.4 Å². The SMILES string of the molecule is C=C(C#N)C(O)c1ccc(COOC)nc1Cl. The Hall–Kier alpha value is -1.45. The maximum Gasteiger partial charge on any atom is 0.135 e. The van der Waals surface area contributed by atoms with E-state index in [1.54, 1.807) is 18.2 Å². The predicted molar refractivity (Wildman–Crippen MR) is 60.8 cm³/mol. The van der Waals surface area contributed by atoms with Crippen molar-refractivity contribution in [3.8, 4) is 6.07 Å². The Morgan fingerprint density at radius 3 is 2.94 bits per heavy atom. The second-order valence-electron chi connectivity index (χ2n) is 3.15. The molecule has 5 nitrogen and oxygen atoms in total. The van der Waals surface area contributed by atoms with Gasteiger partial charge in [0.2, 0.25) is 0 Å². The molecule has 0 fully saturated rings. The van der Waals surface area contributed by atoms with E-state index >= 15 is 0 Å². The number of hydrogen-bond acceptors (Lipinski definition) is 5. The molecule has 0 aliphatic rings. The van der Waals surface area contributed by atoms with E-state index in [1.807, 2.05) is 0 Å². The van der Waals surface area contributed by atoms with Crippen molar-refractivity contribution in [1.29, 1.82) is 5.26 Å². The molecule has 1 rings (SSSR count). The fourth-order valence-electron chi connectivity index (χ4n) is 1.14. The molecule has 1 unspecified atom stereocenters. The summed E-state index contributed by atoms with van der Waals surface area (Å²) in [6.07, 6.45) is -1.14. The monoisotopic (exact) mass is 254 g/mol. The summed E-state index contributed by atoms with van der Waals surface area (Å²) < 4.78 is 0. The van der Waals surface area contributed by atoms with Gasteiger partial charge in [0, 0.05) is 5.56 Å². The summed E-state index contributed by atoms with van der Waals surface area (Å²) in [5.74, 6) is 0. The number of aliphatic hydroxyl groups is 1. The maximum absolute atomic E-state index is 9.73. The van der Waals surface area contributed by atoms with Crippen molar-refractivity contribution in [3.63, 3.8) is 0 Å². The molecule has 1 aromatic rings. The van der Waals surface area contributed by atoms with Gasteiger partial charge < -0.3 is 5.11 Å². The third-order valence-corrected chi connectivity index (χ3v) is 2.33. The van der Waals surface area contributed by atoms with Gasteiger partial charge in [-0.15, -0.1) is 0 Å². The minimum absolute atomic E-state index is 0.00888. The fourth-order valence-corrected chi connectivity index (χ4v) is 1.41. The number of pyridine rings is 1. The molecule has 17 heavy (non-hydrogen) atoms. The number of aliphatic hydroxyl groups excluding tert-OH is 1. The Morgan fingerprint density at radius 1 is 1.71 bits per heavy atom. The van der Waals surface area contributed by atoms with Crippen LogP contribution in [-0.4, -0.2) is 17.2 Å². The molecule has 0 radical (unpaired) electrons. The zero-order chi connectivity index (χ0) is 12.8. The van der Waals surface area contributed by atoms with Gasteiger partial charge in [-0.3, -0.25) is 0 Å². The van der Waals surface area contributed by atoms with E-state index < -0.39 is 6.10 Å². The quantitative estimate of drug-likeness (QED) is 0.376. The van der Waals surface area contributed by atoms with Crippen LogP contribution in [0.15, 0.2) is 24.3 Å². The van der Waals surface area contributed by atoms with Crippen LogP contribution in [0.4, 0.5) is 0 Å². The average Bonchev–Trinajstić information content (AvgIpc) is 2.34. The highest BCUT2D eigenvalue weighted by Crippen LogP contribution is 2.26. The Labute approximate surface area is 104 Å². The first-order valence-electron chi connectivity index (χ1n) is 4.68. The molecule has 1 N–H and O–H groups in total. The van der Waals surface area contributed by atoms with E-state index in [-0.39, 0.29) is 17.3 Å². The van der Waals surface area contributed by atoms with Crippen LogP contribution in [0.2, 0.25) is 5.15 Å². The first kappa shape index (κ1) is 13.6. The highest BCUT2D eigenvalue weighted by atomic mass is 35.5. The van der Waals surface area contributed by atoms with Gasteiger partial charge in [0.1, 0.15) is 17.9 Å². The van der Waals surface area contributed by atoms with Crippen LogP contribution in [-0.2, 0) is 16.4 Å². The fraction of sp³-hybridized carbons (Fsp3) is 0.273. The Balaban J connectivity index is 2.90. The van der Waals surface area contributed by atoms with Gasteiger partial charge in [-0.2, -0.15) is 5.26 Å². The molecule has 90 valence electrons. The highest BCUT2D eigenvalue weighted by Gasteiger charge is 2.16. The largest absolute Gasteiger partial charge is 0.383 e. The van der Waals surface area contributed by atoms with Crippen molar-refractivity contribution in [2.75, 3.05) is 7.11 Å². The first-order chi connectivity index (χ1) is 8.10. The van der Waals surface area contributed by atoms with Gasteiger partial charge in [-0.05, 0) is 6.07 Å². The predicted octanol–water partition coefficient (Wildman–Crippen LogP) is 1.93. The molecule has 0 amide bonds. The summed E-state index contributed by atoms with van der Waals surface area (Å²) in [7, 11) is 1.39. The van der Waals surface area contributed by atoms with E-state index in [0.717, 1.165) is 0 Å². The van der Waals surface area contributed by atoms with Gasteiger partial charge in [-0.25, -0.2) is 14.8 Å². The zero-order valence-corrected chi connectivity index (χ0v) is 9.94. The number of hydrogen-bond donors (Lipinski definition) is 1. The Morgan fingerprint density at radius 2 is 2.41 bits per heavy atom. The molecule has 0 saturated heterocycles. The van der Waals surface area contributed by atoms with Crippen molar-refractivity contribution >= 4 is 11.6 Å². The Kier molecular flexibility index (Phi) is 5.07. The number of nitriles is 1. The van der Waals surface area contributed by atoms with Gasteiger partial charge in [0.05, 0.1) is 24.4 Å². The summed E-state index contributed by atoms with van der Waals surface area (Å²) in [4.78, 5) is 13.1. The number of nitrogens with zero attached hydrogens (tertiary/aromatic N) is 2. The topological polar surface area (TPSA) is 75.4 Å². The van der Waals surface area contributed by atoms with Crippen molar-refractivity contribution in [3.05, 3.63) is 40.7 Å². The third-order valence-electron chi connectivity index (χ3n) is 2.03. The molecule has 0 bridgehead atoms. The first-order valence-corrected chi connectivity index (χ1v) is 5.05. The molecule has 1 heterocycles. The molecule has 0 aliphatic heterocycles. The average molecular weight is 255 g/mol. The van der Waals surface area contributed by atoms with Gasteiger partial charge in [0.15, 0.2) is 0 Å². The van der Waals surface area contributed by atoms with Crippen LogP contribution in [0.5, 0.6) is 0 Å². The number of halogens is 1. The standard InChI is InChI=1S/C11H11ClN2O3/c1-7(5-13)10(15)9-4-3-8(6-17-16-2)14-11(9)12/h3-4,10,15H,1,6H2,2H3. The highest BCUT2D eigenvalue weighted by molar-refractivity contribution is 6.30. The summed E-state index contributed by atoms with van der Waals surface area (Å²) in [5.41, 5.74) is 0.893. The van der Waals surface area contributed by atoms with Gasteiger partial charge >= 0.3 is 0 Å². The van der Waals surface area contributed by atoms with Crippen molar-refractivity contribution in [1.82, 2.24) is 4.98 Å². The number of aromatic nitrogens is 1. The molecule has 6 heteroatoms. The molecule has 1 aromatic heterocycles. The van der Waals surface area contributed by atoms with E-state index in [9.17, 15) is 5.11 Å². The lowest BCUT2D eigenvalue weighted by atomic mass is 10.1. The molecular weight excluding hydrogens is 244 g/mol. The van der Waals surface area contributed by atoms with Gasteiger partial charge in [-0.1, -0.05) is 24.2 Å². The van der Waals surface area contributed by atoms with Crippen molar-refractivity contribution in [2.24, 2.45) is 0 Å². The minimum Gasteiger partial charge on any atom is -0.383 e. The second-order valence-corrected chi connectivity index (χ2v) is 3.51. The second kappa shape index (κ2) is 6.33. The van der Waals surface area contributed by atoms with Crippen molar-refractivity contribution in [2.45, 2.75) is 12.7 Å². The molecule has 1 atom stereocenters. The van der Waals surface area contributed by atoms with Gasteiger partial charge in [0.25, 0.3) is 0 Å². The van der Waals surface area contributed by atoms with Crippen LogP contribution in [0, 0.1) is 11.3 Å². The van der Waals surface area contributed by atoms with E-state index in [4.69, 9.17) is 16.9 Å². The van der Waals surface area contributed by atoms with Crippen LogP contribution in [0.25, 0.3) is 0 Å². The smallest absolute Gasteiger partial charge is 0.135 e. The van der Waals surface area contributed by atoms with Crippen LogP contribution >= 0.6 is 11.6 Å². The minimum atomic E-state index is -1.14. The third kappa shape index (κ3) is 3.51. The summed E-state index contributed by atoms with van der Waals surface area (Å²) in [6.45, 7) is 3.57. The van der Waals surface area contributed by atoms with E-state index in [1.165, 1.54) is 7.11 Å². The lowest BCUT2D eigenvalue weighted by Crippen LogP contribution is -2.03. The lowest BCUT2D eigenvalue weighted by Gasteiger charge is -2.11. The molecular formula is C11H11ClN2O3. The molecule has 0 aliphatic carbocycles. The number of rotatable bonds is 5. The van der Waals surface area contributed by atoms with E-state index in [0.29, 0.717) is 11.3 Å². The summed E-state index contributed by atoms with van der Waals surface area (Å²) >= 11 is 5.89. The van der Waals surface area contributed by atoms with Crippen molar-refractivity contribution < 1.29 is 14.9 Å². The lowest BCUT2D eigenvalue weighted by molar-refractivity contribution is -0.282. The summed E-state index contributed by atoms with van der Waals surface area (Å²) in [5, 5.41) is 18.5. The zero-order valence-electron chi connectivity index (χ0n) is 9.18. The van der Waals surface area contributed by atoms with Crippen LogP contribution < -0.4 is 0 Å². The Bertz CT molecular complexity index is 457. The molecule has 0 spiro atoms. The van der Waals surface area contributed by atoms with Crippen LogP contribution in [0.3, 0.4) is 0 Å². The molecule has 0 aromatic carbocycles. The summed E-state index contributed by atoms with van der Waals surface area (Å²) in [6, 6.07) is 4.95.